The van der Waals surface area contributed by atoms with Crippen LogP contribution in [0.15, 0.2) is 58.5 Å². The molecule has 7 nitrogen and oxygen atoms in total. The summed E-state index contributed by atoms with van der Waals surface area (Å²) >= 11 is 0. The minimum absolute atomic E-state index is 0.0244. The molecule has 0 amide bonds. The first-order chi connectivity index (χ1) is 13.8. The van der Waals surface area contributed by atoms with Gasteiger partial charge in [0.1, 0.15) is 12.0 Å². The van der Waals surface area contributed by atoms with Crippen LogP contribution < -0.4 is 0 Å². The highest BCUT2D eigenvalue weighted by Gasteiger charge is 2.27. The molecule has 0 bridgehead atoms. The average Bonchev–Trinajstić information content (AvgIpc) is 3.37. The van der Waals surface area contributed by atoms with Crippen LogP contribution in [0, 0.1) is 0 Å². The Morgan fingerprint density at radius 3 is 2.48 bits per heavy atom. The van der Waals surface area contributed by atoms with Gasteiger partial charge in [-0.3, -0.25) is 4.90 Å². The van der Waals surface area contributed by atoms with Crippen LogP contribution in [-0.4, -0.2) is 40.3 Å². The van der Waals surface area contributed by atoms with E-state index in [-0.39, 0.29) is 11.2 Å². The first-order valence-electron chi connectivity index (χ1n) is 9.73. The van der Waals surface area contributed by atoms with E-state index in [0.29, 0.717) is 13.1 Å². The summed E-state index contributed by atoms with van der Waals surface area (Å²) in [5.74, 6) is 0. The summed E-state index contributed by atoms with van der Waals surface area (Å²) in [6.45, 7) is 6.50. The van der Waals surface area contributed by atoms with Crippen molar-refractivity contribution in [1.29, 1.82) is 0 Å². The van der Waals surface area contributed by atoms with E-state index in [1.807, 2.05) is 54.9 Å². The van der Waals surface area contributed by atoms with E-state index < -0.39 is 15.1 Å². The van der Waals surface area contributed by atoms with E-state index >= 15 is 0 Å². The lowest BCUT2D eigenvalue weighted by Gasteiger charge is -2.23. The summed E-state index contributed by atoms with van der Waals surface area (Å²) < 4.78 is 32.5. The maximum absolute atomic E-state index is 12.9. The lowest BCUT2D eigenvalue weighted by atomic mass is 10.1. The van der Waals surface area contributed by atoms with E-state index in [9.17, 15) is 8.42 Å². The van der Waals surface area contributed by atoms with Crippen LogP contribution in [0.3, 0.4) is 0 Å². The van der Waals surface area contributed by atoms with Crippen molar-refractivity contribution in [3.63, 3.8) is 0 Å². The second-order valence-corrected chi connectivity index (χ2v) is 9.93. The molecule has 2 aromatic heterocycles. The Labute approximate surface area is 172 Å². The first-order valence-corrected chi connectivity index (χ1v) is 11.3. The van der Waals surface area contributed by atoms with Gasteiger partial charge < -0.3 is 9.09 Å². The summed E-state index contributed by atoms with van der Waals surface area (Å²) in [6.07, 6.45) is 3.96. The molecular weight excluding hydrogens is 388 g/mol. The van der Waals surface area contributed by atoms with Crippen molar-refractivity contribution in [2.45, 2.75) is 56.7 Å². The van der Waals surface area contributed by atoms with Crippen LogP contribution in [-0.2, 0) is 29.3 Å². The van der Waals surface area contributed by atoms with Gasteiger partial charge in [0.25, 0.3) is 0 Å². The number of aromatic nitrogens is 3. The van der Waals surface area contributed by atoms with Crippen molar-refractivity contribution in [2.75, 3.05) is 7.05 Å². The second-order valence-electron chi connectivity index (χ2n) is 7.53. The number of hydrogen-bond acceptors (Lipinski definition) is 6. The Kier molecular flexibility index (Phi) is 6.54. The lowest BCUT2D eigenvalue weighted by molar-refractivity contribution is 0.234. The predicted molar refractivity (Wildman–Crippen MR) is 111 cm³/mol. The zero-order valence-electron chi connectivity index (χ0n) is 17.3. The zero-order valence-corrected chi connectivity index (χ0v) is 18.1. The fourth-order valence-electron chi connectivity index (χ4n) is 3.14. The number of nitrogens with zero attached hydrogens (tertiary/aromatic N) is 4. The van der Waals surface area contributed by atoms with Crippen LogP contribution in [0.25, 0.3) is 0 Å². The summed E-state index contributed by atoms with van der Waals surface area (Å²) in [5, 5.41) is 3.62. The average molecular weight is 417 g/mol. The van der Waals surface area contributed by atoms with Crippen molar-refractivity contribution in [1.82, 2.24) is 19.6 Å². The van der Waals surface area contributed by atoms with Gasteiger partial charge in [0.05, 0.1) is 23.2 Å². The Morgan fingerprint density at radius 1 is 1.14 bits per heavy atom. The van der Waals surface area contributed by atoms with Crippen LogP contribution in [0.1, 0.15) is 43.8 Å². The highest BCUT2D eigenvalue weighted by molar-refractivity contribution is 7.91. The molecule has 29 heavy (non-hydrogen) atoms. The summed E-state index contributed by atoms with van der Waals surface area (Å²) in [7, 11) is -1.51. The van der Waals surface area contributed by atoms with E-state index in [1.165, 1.54) is 0 Å². The minimum atomic E-state index is -3.48. The molecule has 1 aromatic carbocycles. The topological polar surface area (TPSA) is 81.2 Å². The van der Waals surface area contributed by atoms with Gasteiger partial charge in [-0.1, -0.05) is 35.5 Å². The molecule has 156 valence electrons. The molecule has 0 aliphatic heterocycles. The van der Waals surface area contributed by atoms with Crippen molar-refractivity contribution in [2.24, 2.45) is 0 Å². The molecule has 0 saturated heterocycles. The van der Waals surface area contributed by atoms with Crippen LogP contribution >= 0.6 is 0 Å². The third kappa shape index (κ3) is 4.76. The number of benzene rings is 1. The SMILES string of the molecule is CC(c1ccon1)N(C)Cc1cnc(S(=O)(=O)C(C)C)n1CCc1ccccc1. The van der Waals surface area contributed by atoms with Crippen molar-refractivity contribution in [3.05, 3.63) is 65.8 Å². The van der Waals surface area contributed by atoms with Crippen LogP contribution in [0.4, 0.5) is 0 Å². The molecule has 0 fully saturated rings. The second kappa shape index (κ2) is 8.92. The lowest BCUT2D eigenvalue weighted by Crippen LogP contribution is -2.25. The van der Waals surface area contributed by atoms with Crippen molar-refractivity contribution in [3.8, 4) is 0 Å². The molecule has 1 atom stereocenters. The van der Waals surface area contributed by atoms with Gasteiger partial charge in [-0.25, -0.2) is 13.4 Å². The van der Waals surface area contributed by atoms with Gasteiger partial charge >= 0.3 is 0 Å². The maximum Gasteiger partial charge on any atom is 0.228 e. The number of hydrogen-bond donors (Lipinski definition) is 0. The Bertz CT molecular complexity index is 1010. The smallest absolute Gasteiger partial charge is 0.228 e. The fourth-order valence-corrected chi connectivity index (χ4v) is 4.27. The molecule has 3 rings (SSSR count). The molecule has 0 aliphatic rings. The molecule has 0 N–H and O–H groups in total. The number of aryl methyl sites for hydroxylation is 1. The van der Waals surface area contributed by atoms with Gasteiger partial charge in [-0.15, -0.1) is 0 Å². The molecule has 0 radical (unpaired) electrons. The molecule has 3 aromatic rings. The first kappa shape index (κ1) is 21.3. The fraction of sp³-hybridized carbons (Fsp3) is 0.429. The van der Waals surface area contributed by atoms with Gasteiger partial charge in [-0.2, -0.15) is 0 Å². The Morgan fingerprint density at radius 2 is 1.86 bits per heavy atom. The minimum Gasteiger partial charge on any atom is -0.364 e. The van der Waals surface area contributed by atoms with E-state index in [0.717, 1.165) is 23.4 Å². The maximum atomic E-state index is 12.9. The molecule has 0 aliphatic carbocycles. The van der Waals surface area contributed by atoms with Gasteiger partial charge in [0.2, 0.25) is 15.0 Å². The van der Waals surface area contributed by atoms with Crippen LogP contribution in [0.2, 0.25) is 0 Å². The molecule has 1 unspecified atom stereocenters. The van der Waals surface area contributed by atoms with Crippen molar-refractivity contribution >= 4 is 9.84 Å². The summed E-state index contributed by atoms with van der Waals surface area (Å²) in [4.78, 5) is 6.41. The predicted octanol–water partition coefficient (Wildman–Crippen LogP) is 3.49. The largest absolute Gasteiger partial charge is 0.364 e. The Balaban J connectivity index is 1.88. The summed E-state index contributed by atoms with van der Waals surface area (Å²) in [6, 6.07) is 11.9. The zero-order chi connectivity index (χ0) is 21.0. The van der Waals surface area contributed by atoms with Crippen molar-refractivity contribution < 1.29 is 12.9 Å². The van der Waals surface area contributed by atoms with Gasteiger partial charge in [0.15, 0.2) is 0 Å². The molecule has 2 heterocycles. The molecule has 8 heteroatoms. The van der Waals surface area contributed by atoms with E-state index in [2.05, 4.69) is 15.0 Å². The Hall–Kier alpha value is -2.45. The van der Waals surface area contributed by atoms with Crippen LogP contribution in [0.5, 0.6) is 0 Å². The van der Waals surface area contributed by atoms with E-state index in [1.54, 1.807) is 26.3 Å². The highest BCUT2D eigenvalue weighted by Crippen LogP contribution is 2.22. The third-order valence-corrected chi connectivity index (χ3v) is 7.28. The molecule has 0 spiro atoms. The number of rotatable bonds is 9. The monoisotopic (exact) mass is 416 g/mol. The van der Waals surface area contributed by atoms with E-state index in [4.69, 9.17) is 4.52 Å². The number of sulfone groups is 1. The molecule has 0 saturated carbocycles. The summed E-state index contributed by atoms with van der Waals surface area (Å²) in [5.41, 5.74) is 2.85. The normalized spacial score (nSPS) is 13.3. The number of imidazole rings is 1. The highest BCUT2D eigenvalue weighted by atomic mass is 32.2. The third-order valence-electron chi connectivity index (χ3n) is 5.20. The molecular formula is C21H28N4O3S. The standard InChI is InChI=1S/C21H28N4O3S/c1-16(2)29(26,27)21-22-14-19(15-24(4)17(3)20-11-13-28-23-20)25(21)12-10-18-8-6-5-7-9-18/h5-9,11,13-14,16-17H,10,12,15H2,1-4H3. The van der Waals surface area contributed by atoms with Gasteiger partial charge in [0, 0.05) is 19.2 Å². The van der Waals surface area contributed by atoms with Gasteiger partial charge in [-0.05, 0) is 39.8 Å². The quantitative estimate of drug-likeness (QED) is 0.531.